The molecule has 1 fully saturated rings. The van der Waals surface area contributed by atoms with E-state index in [2.05, 4.69) is 0 Å². The maximum atomic E-state index is 11.3. The van der Waals surface area contributed by atoms with Crippen LogP contribution in [0, 0.1) is 0 Å². The zero-order valence-electron chi connectivity index (χ0n) is 8.35. The Morgan fingerprint density at radius 1 is 1.57 bits per heavy atom. The summed E-state index contributed by atoms with van der Waals surface area (Å²) in [5, 5.41) is 9.38. The molecule has 6 heteroatoms. The summed E-state index contributed by atoms with van der Waals surface area (Å²) in [6.07, 6.45) is 1.52. The van der Waals surface area contributed by atoms with Gasteiger partial charge in [0.1, 0.15) is 12.1 Å². The number of aliphatic hydroxyl groups excluding tert-OH is 1. The van der Waals surface area contributed by atoms with Crippen LogP contribution in [0.15, 0.2) is 0 Å². The minimum absolute atomic E-state index is 0.200. The van der Waals surface area contributed by atoms with Crippen LogP contribution in [0.1, 0.15) is 26.2 Å². The van der Waals surface area contributed by atoms with Crippen LogP contribution >= 0.6 is 0 Å². The van der Waals surface area contributed by atoms with Gasteiger partial charge in [-0.05, 0) is 19.3 Å². The summed E-state index contributed by atoms with van der Waals surface area (Å²) < 4.78 is 27.3. The zero-order chi connectivity index (χ0) is 10.6. The van der Waals surface area contributed by atoms with Crippen molar-refractivity contribution in [2.45, 2.75) is 32.4 Å². The maximum Gasteiger partial charge on any atom is 0.280 e. The largest absolute Gasteiger partial charge is 0.378 e. The van der Waals surface area contributed by atoms with Crippen molar-refractivity contribution in [1.82, 2.24) is 4.90 Å². The van der Waals surface area contributed by atoms with Crippen LogP contribution in [0.25, 0.3) is 0 Å². The summed E-state index contributed by atoms with van der Waals surface area (Å²) in [4.78, 5) is 1.52. The van der Waals surface area contributed by atoms with Crippen molar-refractivity contribution >= 4 is 10.1 Å². The van der Waals surface area contributed by atoms with Gasteiger partial charge in [0.05, 0.1) is 6.61 Å². The topological polar surface area (TPSA) is 66.8 Å². The van der Waals surface area contributed by atoms with E-state index >= 15 is 0 Å². The highest BCUT2D eigenvalue weighted by Crippen LogP contribution is 2.15. The van der Waals surface area contributed by atoms with Crippen LogP contribution in [0.2, 0.25) is 0 Å². The van der Waals surface area contributed by atoms with Crippen molar-refractivity contribution in [1.29, 1.82) is 0 Å². The summed E-state index contributed by atoms with van der Waals surface area (Å²) in [7, 11) is -3.49. The monoisotopic (exact) mass is 223 g/mol. The molecule has 0 bridgehead atoms. The van der Waals surface area contributed by atoms with Gasteiger partial charge in [-0.15, -0.1) is 0 Å². The van der Waals surface area contributed by atoms with E-state index in [1.165, 1.54) is 4.90 Å². The van der Waals surface area contributed by atoms with Crippen LogP contribution in [-0.2, 0) is 14.3 Å². The van der Waals surface area contributed by atoms with Gasteiger partial charge in [-0.1, -0.05) is 6.92 Å². The molecule has 1 atom stereocenters. The lowest BCUT2D eigenvalue weighted by molar-refractivity contribution is 0.0492. The third-order valence-electron chi connectivity index (χ3n) is 2.12. The molecule has 0 aromatic rings. The lowest BCUT2D eigenvalue weighted by atomic mass is 10.4. The number of nitrogens with zero attached hydrogens (tertiary/aromatic N) is 1. The second-order valence-electron chi connectivity index (χ2n) is 3.44. The fourth-order valence-corrected chi connectivity index (χ4v) is 2.61. The second kappa shape index (κ2) is 5.06. The van der Waals surface area contributed by atoms with E-state index in [0.29, 0.717) is 19.4 Å². The molecule has 0 radical (unpaired) electrons. The summed E-state index contributed by atoms with van der Waals surface area (Å²) in [5.74, 6) is -0.200. The van der Waals surface area contributed by atoms with Crippen molar-refractivity contribution in [3.63, 3.8) is 0 Å². The molecule has 5 nitrogen and oxygen atoms in total. The van der Waals surface area contributed by atoms with Crippen molar-refractivity contribution in [2.75, 3.05) is 19.0 Å². The lowest BCUT2D eigenvalue weighted by Gasteiger charge is -2.18. The van der Waals surface area contributed by atoms with Gasteiger partial charge >= 0.3 is 0 Å². The Morgan fingerprint density at radius 3 is 2.79 bits per heavy atom. The van der Waals surface area contributed by atoms with E-state index in [0.717, 1.165) is 6.42 Å². The molecule has 0 saturated carbocycles. The standard InChI is InChI=1S/C8H17NO4S/c1-2-6-13-14(11,12)7-9-5-3-4-8(9)10/h8,10H,2-7H2,1H3. The minimum Gasteiger partial charge on any atom is -0.378 e. The van der Waals surface area contributed by atoms with Gasteiger partial charge in [0.2, 0.25) is 0 Å². The predicted molar refractivity (Wildman–Crippen MR) is 52.0 cm³/mol. The lowest BCUT2D eigenvalue weighted by Crippen LogP contribution is -2.34. The first-order chi connectivity index (χ1) is 6.55. The van der Waals surface area contributed by atoms with Gasteiger partial charge < -0.3 is 5.11 Å². The second-order valence-corrected chi connectivity index (χ2v) is 5.05. The Morgan fingerprint density at radius 2 is 2.29 bits per heavy atom. The highest BCUT2D eigenvalue weighted by atomic mass is 32.2. The normalized spacial score (nSPS) is 24.3. The van der Waals surface area contributed by atoms with Gasteiger partial charge in [0.25, 0.3) is 10.1 Å². The SMILES string of the molecule is CCCOS(=O)(=O)CN1CCCC1O. The minimum atomic E-state index is -3.49. The van der Waals surface area contributed by atoms with E-state index in [1.54, 1.807) is 0 Å². The highest BCUT2D eigenvalue weighted by Gasteiger charge is 2.26. The molecule has 0 spiro atoms. The summed E-state index contributed by atoms with van der Waals surface area (Å²) in [6, 6.07) is 0. The quantitative estimate of drug-likeness (QED) is 0.670. The molecule has 84 valence electrons. The molecule has 1 saturated heterocycles. The summed E-state index contributed by atoms with van der Waals surface area (Å²) in [6.45, 7) is 2.68. The average molecular weight is 223 g/mol. The molecule has 0 aromatic heterocycles. The molecular formula is C8H17NO4S. The average Bonchev–Trinajstić information content (AvgIpc) is 2.48. The van der Waals surface area contributed by atoms with E-state index in [-0.39, 0.29) is 12.5 Å². The predicted octanol–water partition coefficient (Wildman–Crippen LogP) is 0.114. The molecular weight excluding hydrogens is 206 g/mol. The number of hydrogen-bond acceptors (Lipinski definition) is 5. The maximum absolute atomic E-state index is 11.3. The fraction of sp³-hybridized carbons (Fsp3) is 1.00. The Hall–Kier alpha value is -0.170. The Labute approximate surface area is 84.8 Å². The third-order valence-corrected chi connectivity index (χ3v) is 3.29. The molecule has 1 aliphatic rings. The fourth-order valence-electron chi connectivity index (χ4n) is 1.41. The van der Waals surface area contributed by atoms with E-state index in [4.69, 9.17) is 4.18 Å². The van der Waals surface area contributed by atoms with Gasteiger partial charge in [0, 0.05) is 6.54 Å². The van der Waals surface area contributed by atoms with Crippen LogP contribution in [-0.4, -0.2) is 43.7 Å². The summed E-state index contributed by atoms with van der Waals surface area (Å²) in [5.41, 5.74) is 0. The molecule has 1 rings (SSSR count). The van der Waals surface area contributed by atoms with Crippen LogP contribution < -0.4 is 0 Å². The summed E-state index contributed by atoms with van der Waals surface area (Å²) >= 11 is 0. The molecule has 1 N–H and O–H groups in total. The van der Waals surface area contributed by atoms with Crippen molar-refractivity contribution in [2.24, 2.45) is 0 Å². The van der Waals surface area contributed by atoms with Crippen LogP contribution in [0.4, 0.5) is 0 Å². The van der Waals surface area contributed by atoms with Gasteiger partial charge in [-0.3, -0.25) is 9.08 Å². The number of aliphatic hydroxyl groups is 1. The molecule has 0 aromatic carbocycles. The molecule has 14 heavy (non-hydrogen) atoms. The molecule has 1 unspecified atom stereocenters. The van der Waals surface area contributed by atoms with Gasteiger partial charge in [0.15, 0.2) is 0 Å². The smallest absolute Gasteiger partial charge is 0.280 e. The third kappa shape index (κ3) is 3.53. The number of hydrogen-bond donors (Lipinski definition) is 1. The van der Waals surface area contributed by atoms with Crippen molar-refractivity contribution in [3.05, 3.63) is 0 Å². The van der Waals surface area contributed by atoms with Crippen LogP contribution in [0.3, 0.4) is 0 Å². The number of likely N-dealkylation sites (tertiary alicyclic amines) is 1. The van der Waals surface area contributed by atoms with E-state index in [1.807, 2.05) is 6.92 Å². The molecule has 0 amide bonds. The first kappa shape index (κ1) is 11.9. The van der Waals surface area contributed by atoms with Crippen LogP contribution in [0.5, 0.6) is 0 Å². The number of rotatable bonds is 5. The molecule has 0 aliphatic carbocycles. The first-order valence-corrected chi connectivity index (χ1v) is 6.42. The zero-order valence-corrected chi connectivity index (χ0v) is 9.16. The molecule has 1 heterocycles. The molecule has 1 aliphatic heterocycles. The van der Waals surface area contributed by atoms with Crippen molar-refractivity contribution < 1.29 is 17.7 Å². The van der Waals surface area contributed by atoms with Gasteiger partial charge in [-0.25, -0.2) is 0 Å². The Bertz CT molecular complexity index is 265. The Balaban J connectivity index is 2.42. The van der Waals surface area contributed by atoms with E-state index in [9.17, 15) is 13.5 Å². The van der Waals surface area contributed by atoms with E-state index < -0.39 is 16.3 Å². The Kier molecular flexibility index (Phi) is 4.31. The van der Waals surface area contributed by atoms with Crippen molar-refractivity contribution in [3.8, 4) is 0 Å². The van der Waals surface area contributed by atoms with Gasteiger partial charge in [-0.2, -0.15) is 8.42 Å². The first-order valence-electron chi connectivity index (χ1n) is 4.84. The highest BCUT2D eigenvalue weighted by molar-refractivity contribution is 7.86.